The number of hydrogen-bond acceptors (Lipinski definition) is 9. The number of hydrogen-bond donors (Lipinski definition) is 1. The van der Waals surface area contributed by atoms with E-state index in [1.165, 1.54) is 12.8 Å². The molecule has 11 heteroatoms. The molecule has 0 heterocycles. The van der Waals surface area contributed by atoms with Crippen molar-refractivity contribution in [2.24, 2.45) is 0 Å². The van der Waals surface area contributed by atoms with Gasteiger partial charge >= 0.3 is 11.9 Å². The predicted octanol–water partition coefficient (Wildman–Crippen LogP) is 8.69. The van der Waals surface area contributed by atoms with E-state index in [4.69, 9.17) is 18.5 Å². The third kappa shape index (κ3) is 36.1. The summed E-state index contributed by atoms with van der Waals surface area (Å²) in [5, 5.41) is 10.1. The Kier molecular flexibility index (Phi) is 31.2. The van der Waals surface area contributed by atoms with Crippen LogP contribution in [-0.2, 0) is 32.7 Å². The first kappa shape index (κ1) is 48.9. The summed E-state index contributed by atoms with van der Waals surface area (Å²) < 4.78 is 33.7. The summed E-state index contributed by atoms with van der Waals surface area (Å²) in [6.45, 7) is 3.90. The Morgan fingerprint density at radius 1 is 0.745 bits per heavy atom. The minimum absolute atomic E-state index is 0.0520. The first-order valence-corrected chi connectivity index (χ1v) is 20.9. The van der Waals surface area contributed by atoms with Gasteiger partial charge in [-0.3, -0.25) is 14.2 Å². The molecule has 0 radical (unpaired) electrons. The van der Waals surface area contributed by atoms with Crippen LogP contribution in [-0.4, -0.2) is 81.2 Å². The van der Waals surface area contributed by atoms with E-state index in [9.17, 15) is 24.2 Å². The van der Waals surface area contributed by atoms with E-state index in [0.717, 1.165) is 77.0 Å². The van der Waals surface area contributed by atoms with Crippen molar-refractivity contribution in [1.82, 2.24) is 0 Å². The Labute approximate surface area is 310 Å². The monoisotopic (exact) mass is 741 g/mol. The number of nitrogens with zero attached hydrogens (tertiary/aromatic N) is 1. The lowest BCUT2D eigenvalue weighted by atomic mass is 10.1. The molecule has 0 saturated heterocycles. The van der Waals surface area contributed by atoms with E-state index < -0.39 is 38.6 Å². The number of unbranched alkanes of at least 4 members (excludes halogenated alkanes) is 11. The maximum Gasteiger partial charge on any atom is 0.306 e. The first-order chi connectivity index (χ1) is 24.4. The summed E-state index contributed by atoms with van der Waals surface area (Å²) in [5.41, 5.74) is 0. The van der Waals surface area contributed by atoms with E-state index in [1.807, 2.05) is 39.4 Å². The fourth-order valence-electron chi connectivity index (χ4n) is 4.82. The molecule has 0 rings (SSSR count). The second kappa shape index (κ2) is 32.6. The summed E-state index contributed by atoms with van der Waals surface area (Å²) in [5.74, 6) is -0.929. The fraction of sp³-hybridized carbons (Fsp3) is 0.750. The van der Waals surface area contributed by atoms with Crippen LogP contribution in [0.25, 0.3) is 0 Å². The van der Waals surface area contributed by atoms with Crippen LogP contribution in [0.2, 0.25) is 0 Å². The molecule has 0 aliphatic carbocycles. The molecule has 1 N–H and O–H groups in total. The average molecular weight is 742 g/mol. The van der Waals surface area contributed by atoms with Gasteiger partial charge in [-0.1, -0.05) is 120 Å². The molecule has 0 aromatic heterocycles. The minimum Gasteiger partial charge on any atom is -0.756 e. The number of carbonyl (C=O) groups excluding carboxylic acids is 2. The minimum atomic E-state index is -4.65. The molecular weight excluding hydrogens is 669 g/mol. The highest BCUT2D eigenvalue weighted by Crippen LogP contribution is 2.38. The van der Waals surface area contributed by atoms with Crippen molar-refractivity contribution in [3.63, 3.8) is 0 Å². The van der Waals surface area contributed by atoms with Crippen LogP contribution in [0.5, 0.6) is 0 Å². The number of aliphatic hydroxyl groups excluding tert-OH is 1. The number of phosphoric ester groups is 1. The number of likely N-dealkylation sites (N-methyl/N-ethyl adjacent to an activating group) is 1. The normalized spacial score (nSPS) is 14.9. The van der Waals surface area contributed by atoms with Crippen molar-refractivity contribution >= 4 is 19.8 Å². The quantitative estimate of drug-likeness (QED) is 0.0172. The van der Waals surface area contributed by atoms with Crippen molar-refractivity contribution in [1.29, 1.82) is 0 Å². The maximum atomic E-state index is 12.6. The third-order valence-electron chi connectivity index (χ3n) is 7.94. The van der Waals surface area contributed by atoms with Gasteiger partial charge in [-0.15, -0.1) is 0 Å². The van der Waals surface area contributed by atoms with Crippen molar-refractivity contribution in [2.75, 3.05) is 47.5 Å². The van der Waals surface area contributed by atoms with Gasteiger partial charge in [0.15, 0.2) is 6.10 Å². The summed E-state index contributed by atoms with van der Waals surface area (Å²) in [7, 11) is 1.09. The zero-order valence-electron chi connectivity index (χ0n) is 32.6. The predicted molar refractivity (Wildman–Crippen MR) is 205 cm³/mol. The highest BCUT2D eigenvalue weighted by atomic mass is 31.2. The molecule has 0 bridgehead atoms. The molecule has 0 aromatic carbocycles. The molecule has 10 nitrogen and oxygen atoms in total. The lowest BCUT2D eigenvalue weighted by molar-refractivity contribution is -0.870. The lowest BCUT2D eigenvalue weighted by Gasteiger charge is -2.28. The van der Waals surface area contributed by atoms with Gasteiger partial charge in [0.2, 0.25) is 0 Å². The molecule has 0 spiro atoms. The van der Waals surface area contributed by atoms with Crippen LogP contribution in [0.4, 0.5) is 0 Å². The van der Waals surface area contributed by atoms with Crippen LogP contribution in [0.15, 0.2) is 48.6 Å². The van der Waals surface area contributed by atoms with Crippen molar-refractivity contribution in [3.05, 3.63) is 48.6 Å². The summed E-state index contributed by atoms with van der Waals surface area (Å²) in [6, 6.07) is 0. The van der Waals surface area contributed by atoms with Crippen molar-refractivity contribution < 1.29 is 47.2 Å². The van der Waals surface area contributed by atoms with Crippen LogP contribution in [0.3, 0.4) is 0 Å². The van der Waals surface area contributed by atoms with Crippen LogP contribution >= 0.6 is 7.82 Å². The molecule has 296 valence electrons. The van der Waals surface area contributed by atoms with Gasteiger partial charge < -0.3 is 33.0 Å². The molecule has 51 heavy (non-hydrogen) atoms. The highest BCUT2D eigenvalue weighted by molar-refractivity contribution is 7.45. The second-order valence-corrected chi connectivity index (χ2v) is 15.5. The number of rotatable bonds is 34. The number of ether oxygens (including phenoxy) is 2. The Balaban J connectivity index is 4.55. The number of aliphatic hydroxyl groups is 1. The Morgan fingerprint density at radius 2 is 1.37 bits per heavy atom. The zero-order valence-corrected chi connectivity index (χ0v) is 33.5. The molecule has 0 fully saturated rings. The molecule has 0 aliphatic rings. The SMILES string of the molecule is CC/C=C/C/C=C/C=C/C(O)CCCCCCCC(=O)O[C@H](COC(=O)CCCCCCC/C=C\CCCC)COP(=O)([O-])OCC[N+](C)(C)C. The number of phosphoric acid groups is 1. The van der Waals surface area contributed by atoms with Gasteiger partial charge in [-0.05, 0) is 51.4 Å². The van der Waals surface area contributed by atoms with Crippen LogP contribution in [0, 0.1) is 0 Å². The van der Waals surface area contributed by atoms with E-state index in [1.54, 1.807) is 6.08 Å². The standard InChI is InChI=1S/C40H72NO9P/c1-6-8-10-12-14-15-16-17-19-23-27-31-39(43)47-35-38(36-49-51(45,46)48-34-33-41(3,4)5)50-40(44)32-28-24-20-22-26-30-37(42)29-25-21-18-13-11-9-7-2/h9,11-12,14,18,21,25,29,37-38,42H,6-8,10,13,15-17,19-20,22-24,26-28,30-36H2,1-5H3/b11-9+,14-12-,21-18+,29-25+/t37?,38-/m1/s1. The third-order valence-corrected chi connectivity index (χ3v) is 8.90. The molecule has 0 aromatic rings. The molecular formula is C40H72NO9P. The van der Waals surface area contributed by atoms with Crippen LogP contribution in [0.1, 0.15) is 136 Å². The van der Waals surface area contributed by atoms with Gasteiger partial charge in [0.05, 0.1) is 33.9 Å². The number of esters is 2. The number of carbonyl (C=O) groups is 2. The Hall–Kier alpha value is -2.07. The lowest BCUT2D eigenvalue weighted by Crippen LogP contribution is -2.37. The summed E-state index contributed by atoms with van der Waals surface area (Å²) >= 11 is 0. The topological polar surface area (TPSA) is 131 Å². The van der Waals surface area contributed by atoms with Gasteiger partial charge in [-0.2, -0.15) is 0 Å². The maximum absolute atomic E-state index is 12.6. The zero-order chi connectivity index (χ0) is 38.1. The van der Waals surface area contributed by atoms with E-state index in [-0.39, 0.29) is 26.1 Å². The van der Waals surface area contributed by atoms with Gasteiger partial charge in [0.1, 0.15) is 19.8 Å². The molecule has 0 saturated carbocycles. The Morgan fingerprint density at radius 3 is 2.04 bits per heavy atom. The number of allylic oxidation sites excluding steroid dienone is 7. The largest absolute Gasteiger partial charge is 0.756 e. The molecule has 3 atom stereocenters. The van der Waals surface area contributed by atoms with E-state index >= 15 is 0 Å². The van der Waals surface area contributed by atoms with Gasteiger partial charge in [0.25, 0.3) is 7.82 Å². The average Bonchev–Trinajstić information content (AvgIpc) is 3.06. The molecule has 0 aliphatic heterocycles. The van der Waals surface area contributed by atoms with Gasteiger partial charge in [-0.25, -0.2) is 0 Å². The first-order valence-electron chi connectivity index (χ1n) is 19.5. The smallest absolute Gasteiger partial charge is 0.306 e. The fourth-order valence-corrected chi connectivity index (χ4v) is 5.55. The van der Waals surface area contributed by atoms with E-state index in [2.05, 4.69) is 38.2 Å². The molecule has 2 unspecified atom stereocenters. The van der Waals surface area contributed by atoms with Crippen LogP contribution < -0.4 is 4.89 Å². The van der Waals surface area contributed by atoms with Crippen molar-refractivity contribution in [2.45, 2.75) is 148 Å². The number of quaternary nitrogens is 1. The Bertz CT molecular complexity index is 1040. The highest BCUT2D eigenvalue weighted by Gasteiger charge is 2.21. The summed E-state index contributed by atoms with van der Waals surface area (Å²) in [6.07, 6.45) is 31.6. The van der Waals surface area contributed by atoms with Gasteiger partial charge in [0, 0.05) is 12.8 Å². The molecule has 0 amide bonds. The van der Waals surface area contributed by atoms with Crippen molar-refractivity contribution in [3.8, 4) is 0 Å². The van der Waals surface area contributed by atoms with E-state index in [0.29, 0.717) is 30.3 Å². The summed E-state index contributed by atoms with van der Waals surface area (Å²) in [4.78, 5) is 37.3. The second-order valence-electron chi connectivity index (χ2n) is 14.1.